The molecule has 0 aliphatic carbocycles. The van der Waals surface area contributed by atoms with E-state index in [1.54, 1.807) is 17.0 Å². The molecule has 0 spiro atoms. The second-order valence-electron chi connectivity index (χ2n) is 11.6. The number of benzene rings is 4. The van der Waals surface area contributed by atoms with Crippen LogP contribution < -0.4 is 9.46 Å². The van der Waals surface area contributed by atoms with Gasteiger partial charge in [-0.3, -0.25) is 9.52 Å². The largest absolute Gasteiger partial charge is 0.493 e. The maximum absolute atomic E-state index is 14.8. The van der Waals surface area contributed by atoms with E-state index in [9.17, 15) is 17.6 Å². The molecule has 1 heterocycles. The van der Waals surface area contributed by atoms with Gasteiger partial charge in [-0.25, -0.2) is 12.8 Å². The number of hydrogen-bond acceptors (Lipinski definition) is 4. The first-order valence-corrected chi connectivity index (χ1v) is 15.4. The number of halogens is 1. The highest BCUT2D eigenvalue weighted by atomic mass is 32.2. The van der Waals surface area contributed by atoms with E-state index in [2.05, 4.69) is 37.6 Å². The summed E-state index contributed by atoms with van der Waals surface area (Å²) in [5, 5.41) is 0. The summed E-state index contributed by atoms with van der Waals surface area (Å²) in [6.07, 6.45) is 0.944. The molecule has 8 heteroatoms. The van der Waals surface area contributed by atoms with Gasteiger partial charge < -0.3 is 9.64 Å². The van der Waals surface area contributed by atoms with E-state index < -0.39 is 15.8 Å². The highest BCUT2D eigenvalue weighted by Gasteiger charge is 2.26. The van der Waals surface area contributed by atoms with Crippen molar-refractivity contribution in [2.45, 2.75) is 57.0 Å². The van der Waals surface area contributed by atoms with Crippen LogP contribution in [0.15, 0.2) is 95.9 Å². The van der Waals surface area contributed by atoms with Crippen LogP contribution in [0.4, 0.5) is 10.1 Å². The van der Waals surface area contributed by atoms with Crippen LogP contribution in [0, 0.1) is 5.82 Å². The Labute approximate surface area is 247 Å². The molecule has 218 valence electrons. The molecule has 1 N–H and O–H groups in total. The minimum atomic E-state index is -4.06. The minimum absolute atomic E-state index is 0.0101. The molecule has 4 aromatic rings. The Morgan fingerprint density at radius 3 is 2.29 bits per heavy atom. The van der Waals surface area contributed by atoms with Gasteiger partial charge in [-0.2, -0.15) is 0 Å². The van der Waals surface area contributed by atoms with E-state index in [0.717, 1.165) is 22.3 Å². The topological polar surface area (TPSA) is 75.7 Å². The van der Waals surface area contributed by atoms with Crippen molar-refractivity contribution in [3.05, 3.63) is 125 Å². The molecule has 1 aliphatic rings. The molecule has 0 bridgehead atoms. The van der Waals surface area contributed by atoms with Crippen molar-refractivity contribution in [2.24, 2.45) is 0 Å². The molecule has 4 aromatic carbocycles. The standard InChI is InChI=1S/C34H35FN2O4S/c1-34(2,3)28-12-9-25(10-13-28)19-33(38)37-22-26-11-15-30(20-27(26)23-37)42(39,40)36-32-16-14-29(21-31(32)35)41-18-17-24-7-5-4-6-8-24/h4-16,20-21,36H,17-19,22-23H2,1-3H3. The predicted molar refractivity (Wildman–Crippen MR) is 162 cm³/mol. The second-order valence-corrected chi connectivity index (χ2v) is 13.3. The normalized spacial score (nSPS) is 13.1. The molecule has 0 aromatic heterocycles. The third-order valence-electron chi connectivity index (χ3n) is 7.43. The SMILES string of the molecule is CC(C)(C)c1ccc(CC(=O)N2Cc3ccc(S(=O)(=O)Nc4ccc(OCCc5ccccc5)cc4F)cc3C2)cc1. The molecule has 0 fully saturated rings. The Morgan fingerprint density at radius 2 is 1.60 bits per heavy atom. The number of carbonyl (C=O) groups excluding carboxylic acids is 1. The van der Waals surface area contributed by atoms with E-state index in [4.69, 9.17) is 4.74 Å². The lowest BCUT2D eigenvalue weighted by atomic mass is 9.86. The maximum Gasteiger partial charge on any atom is 0.261 e. The first-order valence-electron chi connectivity index (χ1n) is 14.0. The van der Waals surface area contributed by atoms with Crippen LogP contribution in [0.25, 0.3) is 0 Å². The fourth-order valence-corrected chi connectivity index (χ4v) is 6.04. The van der Waals surface area contributed by atoms with Crippen molar-refractivity contribution in [1.82, 2.24) is 4.90 Å². The summed E-state index contributed by atoms with van der Waals surface area (Å²) < 4.78 is 49.1. The van der Waals surface area contributed by atoms with E-state index in [1.165, 1.54) is 29.8 Å². The lowest BCUT2D eigenvalue weighted by molar-refractivity contribution is -0.131. The van der Waals surface area contributed by atoms with Gasteiger partial charge in [0.05, 0.1) is 23.6 Å². The summed E-state index contributed by atoms with van der Waals surface area (Å²) in [4.78, 5) is 14.8. The van der Waals surface area contributed by atoms with Crippen LogP contribution in [-0.2, 0) is 46.2 Å². The van der Waals surface area contributed by atoms with Gasteiger partial charge in [0.15, 0.2) is 5.82 Å². The molecular weight excluding hydrogens is 551 g/mol. The Hall–Kier alpha value is -4.17. The van der Waals surface area contributed by atoms with Crippen molar-refractivity contribution < 1.29 is 22.3 Å². The number of hydrogen-bond donors (Lipinski definition) is 1. The minimum Gasteiger partial charge on any atom is -0.493 e. The number of amides is 1. The van der Waals surface area contributed by atoms with Crippen LogP contribution in [0.2, 0.25) is 0 Å². The third kappa shape index (κ3) is 6.99. The van der Waals surface area contributed by atoms with Gasteiger partial charge in [-0.05, 0) is 57.5 Å². The summed E-state index contributed by atoms with van der Waals surface area (Å²) in [5.74, 6) is -0.437. The lowest BCUT2D eigenvalue weighted by Crippen LogP contribution is -2.26. The summed E-state index contributed by atoms with van der Waals surface area (Å²) in [5.41, 5.74) is 4.78. The Bertz CT molecular complexity index is 1680. The zero-order chi connectivity index (χ0) is 29.9. The average Bonchev–Trinajstić information content (AvgIpc) is 3.39. The van der Waals surface area contributed by atoms with Gasteiger partial charge in [0, 0.05) is 25.6 Å². The predicted octanol–water partition coefficient (Wildman–Crippen LogP) is 6.63. The van der Waals surface area contributed by atoms with E-state index >= 15 is 0 Å². The van der Waals surface area contributed by atoms with Gasteiger partial charge in [0.2, 0.25) is 5.91 Å². The summed E-state index contributed by atoms with van der Waals surface area (Å²) in [7, 11) is -4.06. The number of nitrogens with one attached hydrogen (secondary N) is 1. The third-order valence-corrected chi connectivity index (χ3v) is 8.79. The average molecular weight is 587 g/mol. The van der Waals surface area contributed by atoms with Crippen LogP contribution in [0.5, 0.6) is 5.75 Å². The molecule has 0 radical (unpaired) electrons. The van der Waals surface area contributed by atoms with Crippen LogP contribution in [0.3, 0.4) is 0 Å². The van der Waals surface area contributed by atoms with Gasteiger partial charge >= 0.3 is 0 Å². The number of anilines is 1. The summed E-state index contributed by atoms with van der Waals surface area (Å²) >= 11 is 0. The molecular formula is C34H35FN2O4S. The number of rotatable bonds is 9. The molecule has 1 aliphatic heterocycles. The van der Waals surface area contributed by atoms with E-state index in [1.807, 2.05) is 42.5 Å². The number of carbonyl (C=O) groups is 1. The maximum atomic E-state index is 14.8. The summed E-state index contributed by atoms with van der Waals surface area (Å²) in [6, 6.07) is 26.7. The van der Waals surface area contributed by atoms with Crippen LogP contribution in [-0.4, -0.2) is 25.8 Å². The fraction of sp³-hybridized carbons (Fsp3) is 0.265. The Kier molecular flexibility index (Phi) is 8.36. The second kappa shape index (κ2) is 12.0. The van der Waals surface area contributed by atoms with Gasteiger partial charge in [0.1, 0.15) is 5.75 Å². The van der Waals surface area contributed by atoms with Crippen molar-refractivity contribution in [1.29, 1.82) is 0 Å². The van der Waals surface area contributed by atoms with Crippen molar-refractivity contribution in [2.75, 3.05) is 11.3 Å². The first-order chi connectivity index (χ1) is 20.0. The molecule has 0 atom stereocenters. The van der Waals surface area contributed by atoms with E-state index in [-0.39, 0.29) is 28.3 Å². The summed E-state index contributed by atoms with van der Waals surface area (Å²) in [6.45, 7) is 7.55. The highest BCUT2D eigenvalue weighted by Crippen LogP contribution is 2.29. The van der Waals surface area contributed by atoms with E-state index in [0.29, 0.717) is 31.9 Å². The lowest BCUT2D eigenvalue weighted by Gasteiger charge is -2.19. The number of sulfonamides is 1. The zero-order valence-electron chi connectivity index (χ0n) is 24.1. The van der Waals surface area contributed by atoms with Crippen LogP contribution in [0.1, 0.15) is 48.6 Å². The fourth-order valence-electron chi connectivity index (χ4n) is 4.93. The smallest absolute Gasteiger partial charge is 0.261 e. The Morgan fingerprint density at radius 1 is 0.881 bits per heavy atom. The van der Waals surface area contributed by atoms with Crippen LogP contribution >= 0.6 is 0 Å². The van der Waals surface area contributed by atoms with Gasteiger partial charge in [0.25, 0.3) is 10.0 Å². The molecule has 42 heavy (non-hydrogen) atoms. The number of fused-ring (bicyclic) bond motifs is 1. The first kappa shape index (κ1) is 29.3. The molecule has 0 saturated heterocycles. The van der Waals surface area contributed by atoms with Crippen molar-refractivity contribution in [3.63, 3.8) is 0 Å². The van der Waals surface area contributed by atoms with Gasteiger partial charge in [-0.1, -0.05) is 81.4 Å². The molecule has 0 unspecified atom stereocenters. The molecule has 0 saturated carbocycles. The molecule has 1 amide bonds. The monoisotopic (exact) mass is 586 g/mol. The molecule has 6 nitrogen and oxygen atoms in total. The van der Waals surface area contributed by atoms with Gasteiger partial charge in [-0.15, -0.1) is 0 Å². The molecule has 5 rings (SSSR count). The number of nitrogens with zero attached hydrogens (tertiary/aromatic N) is 1. The highest BCUT2D eigenvalue weighted by molar-refractivity contribution is 7.92. The zero-order valence-corrected chi connectivity index (χ0v) is 24.9. The number of ether oxygens (including phenoxy) is 1. The Balaban J connectivity index is 1.19. The quantitative estimate of drug-likeness (QED) is 0.239. The van der Waals surface area contributed by atoms with Crippen molar-refractivity contribution >= 4 is 21.6 Å². The van der Waals surface area contributed by atoms with Crippen molar-refractivity contribution in [3.8, 4) is 5.75 Å².